The van der Waals surface area contributed by atoms with Crippen LogP contribution in [0.3, 0.4) is 0 Å². The Labute approximate surface area is 173 Å². The van der Waals surface area contributed by atoms with Gasteiger partial charge in [0.2, 0.25) is 0 Å². The van der Waals surface area contributed by atoms with Gasteiger partial charge in [-0.15, -0.1) is 0 Å². The number of para-hydroxylation sites is 2. The van der Waals surface area contributed by atoms with Crippen LogP contribution in [0.5, 0.6) is 17.2 Å². The molecule has 1 aromatic heterocycles. The second-order valence-corrected chi connectivity index (χ2v) is 6.54. The fraction of sp³-hybridized carbons (Fsp3) is 0.130. The first-order valence-electron chi connectivity index (χ1n) is 9.29. The summed E-state index contributed by atoms with van der Waals surface area (Å²) in [6, 6.07) is 18.3. The smallest absolute Gasteiger partial charge is 0.255 e. The summed E-state index contributed by atoms with van der Waals surface area (Å²) in [5, 5.41) is 2.91. The molecule has 152 valence electrons. The molecule has 3 aromatic carbocycles. The molecule has 0 unspecified atom stereocenters. The van der Waals surface area contributed by atoms with Gasteiger partial charge in [-0.1, -0.05) is 12.1 Å². The molecule has 0 spiro atoms. The summed E-state index contributed by atoms with van der Waals surface area (Å²) in [4.78, 5) is 20.8. The maximum absolute atomic E-state index is 12.9. The summed E-state index contributed by atoms with van der Waals surface area (Å²) in [6.45, 7) is 0. The summed E-state index contributed by atoms with van der Waals surface area (Å²) in [5.41, 5.74) is 3.62. The third kappa shape index (κ3) is 3.65. The Morgan fingerprint density at radius 1 is 0.867 bits per heavy atom. The van der Waals surface area contributed by atoms with Gasteiger partial charge < -0.3 is 24.5 Å². The molecular formula is C23H21N3O4. The van der Waals surface area contributed by atoms with Crippen LogP contribution < -0.4 is 19.5 Å². The SMILES string of the molecule is COc1ccc(-c2nc3ccccc3[nH]2)cc1NC(=O)c1ccc(OC)c(OC)c1. The van der Waals surface area contributed by atoms with Gasteiger partial charge in [0.25, 0.3) is 5.91 Å². The van der Waals surface area contributed by atoms with Crippen molar-refractivity contribution in [2.24, 2.45) is 0 Å². The topological polar surface area (TPSA) is 85.5 Å². The number of benzene rings is 3. The summed E-state index contributed by atoms with van der Waals surface area (Å²) in [7, 11) is 4.63. The predicted octanol–water partition coefficient (Wildman–Crippen LogP) is 4.51. The molecule has 0 fully saturated rings. The zero-order valence-electron chi connectivity index (χ0n) is 16.9. The number of hydrogen-bond acceptors (Lipinski definition) is 5. The van der Waals surface area contributed by atoms with E-state index in [0.717, 1.165) is 16.6 Å². The third-order valence-electron chi connectivity index (χ3n) is 4.76. The number of ether oxygens (including phenoxy) is 3. The monoisotopic (exact) mass is 403 g/mol. The number of aromatic amines is 1. The lowest BCUT2D eigenvalue weighted by molar-refractivity contribution is 0.102. The van der Waals surface area contributed by atoms with E-state index in [1.807, 2.05) is 36.4 Å². The number of H-pyrrole nitrogens is 1. The number of carbonyl (C=O) groups is 1. The van der Waals surface area contributed by atoms with Crippen LogP contribution in [0.15, 0.2) is 60.7 Å². The van der Waals surface area contributed by atoms with Gasteiger partial charge in [0.1, 0.15) is 11.6 Å². The van der Waals surface area contributed by atoms with Gasteiger partial charge in [-0.2, -0.15) is 0 Å². The first kappa shape index (κ1) is 19.3. The minimum absolute atomic E-state index is 0.295. The minimum atomic E-state index is -0.295. The van der Waals surface area contributed by atoms with E-state index in [4.69, 9.17) is 14.2 Å². The summed E-state index contributed by atoms with van der Waals surface area (Å²) in [5.74, 6) is 1.99. The average Bonchev–Trinajstić information content (AvgIpc) is 3.22. The highest BCUT2D eigenvalue weighted by Gasteiger charge is 2.15. The molecule has 0 radical (unpaired) electrons. The molecule has 4 rings (SSSR count). The van der Waals surface area contributed by atoms with E-state index in [2.05, 4.69) is 15.3 Å². The van der Waals surface area contributed by atoms with Crippen molar-refractivity contribution in [1.29, 1.82) is 0 Å². The van der Waals surface area contributed by atoms with Crippen LogP contribution in [-0.4, -0.2) is 37.2 Å². The van der Waals surface area contributed by atoms with Crippen molar-refractivity contribution in [3.63, 3.8) is 0 Å². The van der Waals surface area contributed by atoms with Crippen molar-refractivity contribution in [3.05, 3.63) is 66.2 Å². The molecule has 7 nitrogen and oxygen atoms in total. The van der Waals surface area contributed by atoms with Crippen molar-refractivity contribution in [3.8, 4) is 28.6 Å². The number of hydrogen-bond donors (Lipinski definition) is 2. The minimum Gasteiger partial charge on any atom is -0.495 e. The molecule has 0 aliphatic carbocycles. The quantitative estimate of drug-likeness (QED) is 0.495. The zero-order valence-corrected chi connectivity index (χ0v) is 16.9. The lowest BCUT2D eigenvalue weighted by Crippen LogP contribution is -2.13. The number of imidazole rings is 1. The van der Waals surface area contributed by atoms with Crippen LogP contribution in [0.1, 0.15) is 10.4 Å². The van der Waals surface area contributed by atoms with Gasteiger partial charge in [0, 0.05) is 11.1 Å². The van der Waals surface area contributed by atoms with Gasteiger partial charge in [-0.3, -0.25) is 4.79 Å². The van der Waals surface area contributed by atoms with E-state index in [-0.39, 0.29) is 5.91 Å². The van der Waals surface area contributed by atoms with Crippen molar-refractivity contribution >= 4 is 22.6 Å². The van der Waals surface area contributed by atoms with E-state index in [0.29, 0.717) is 34.3 Å². The third-order valence-corrected chi connectivity index (χ3v) is 4.76. The van der Waals surface area contributed by atoms with E-state index in [9.17, 15) is 4.79 Å². The standard InChI is InChI=1S/C23H21N3O4/c1-28-19-10-8-14(22-24-16-6-4-5-7-17(16)25-22)12-18(19)26-23(27)15-9-11-20(29-2)21(13-15)30-3/h4-13H,1-3H3,(H,24,25)(H,26,27). The number of rotatable bonds is 6. The number of nitrogens with one attached hydrogen (secondary N) is 2. The highest BCUT2D eigenvalue weighted by molar-refractivity contribution is 6.05. The Balaban J connectivity index is 1.66. The Kier molecular flexibility index (Phi) is 5.26. The number of anilines is 1. The van der Waals surface area contributed by atoms with Crippen LogP contribution in [0, 0.1) is 0 Å². The van der Waals surface area contributed by atoms with Crippen molar-refractivity contribution in [1.82, 2.24) is 9.97 Å². The van der Waals surface area contributed by atoms with Crippen LogP contribution in [-0.2, 0) is 0 Å². The molecule has 30 heavy (non-hydrogen) atoms. The molecule has 0 saturated heterocycles. The normalized spacial score (nSPS) is 10.6. The van der Waals surface area contributed by atoms with Gasteiger partial charge >= 0.3 is 0 Å². The van der Waals surface area contributed by atoms with E-state index in [1.54, 1.807) is 38.5 Å². The Morgan fingerprint density at radius 3 is 2.33 bits per heavy atom. The zero-order chi connectivity index (χ0) is 21.1. The largest absolute Gasteiger partial charge is 0.495 e. The molecule has 1 heterocycles. The lowest BCUT2D eigenvalue weighted by Gasteiger charge is -2.13. The Bertz CT molecular complexity index is 1180. The predicted molar refractivity (Wildman–Crippen MR) is 116 cm³/mol. The van der Waals surface area contributed by atoms with Crippen molar-refractivity contribution in [2.45, 2.75) is 0 Å². The summed E-state index contributed by atoms with van der Waals surface area (Å²) < 4.78 is 15.9. The van der Waals surface area contributed by atoms with Crippen LogP contribution in [0.2, 0.25) is 0 Å². The van der Waals surface area contributed by atoms with Crippen LogP contribution in [0.25, 0.3) is 22.4 Å². The van der Waals surface area contributed by atoms with E-state index >= 15 is 0 Å². The van der Waals surface area contributed by atoms with Crippen LogP contribution in [0.4, 0.5) is 5.69 Å². The van der Waals surface area contributed by atoms with E-state index in [1.165, 1.54) is 7.11 Å². The van der Waals surface area contributed by atoms with E-state index < -0.39 is 0 Å². The number of amides is 1. The van der Waals surface area contributed by atoms with Gasteiger partial charge in [0.05, 0.1) is 38.1 Å². The fourth-order valence-electron chi connectivity index (χ4n) is 3.21. The number of nitrogens with zero attached hydrogens (tertiary/aromatic N) is 1. The molecule has 0 bridgehead atoms. The molecule has 0 atom stereocenters. The van der Waals surface area contributed by atoms with Gasteiger partial charge in [-0.25, -0.2) is 4.98 Å². The second-order valence-electron chi connectivity index (χ2n) is 6.54. The first-order valence-corrected chi connectivity index (χ1v) is 9.29. The molecule has 4 aromatic rings. The number of aromatic nitrogens is 2. The Hall–Kier alpha value is -4.00. The molecule has 0 aliphatic rings. The molecule has 0 saturated carbocycles. The summed E-state index contributed by atoms with van der Waals surface area (Å²) in [6.07, 6.45) is 0. The van der Waals surface area contributed by atoms with Crippen molar-refractivity contribution in [2.75, 3.05) is 26.6 Å². The molecule has 0 aliphatic heterocycles. The second kappa shape index (κ2) is 8.16. The van der Waals surface area contributed by atoms with Crippen LogP contribution >= 0.6 is 0 Å². The van der Waals surface area contributed by atoms with Gasteiger partial charge in [-0.05, 0) is 48.5 Å². The molecule has 7 heteroatoms. The molecule has 2 N–H and O–H groups in total. The maximum atomic E-state index is 12.9. The van der Waals surface area contributed by atoms with Gasteiger partial charge in [0.15, 0.2) is 11.5 Å². The maximum Gasteiger partial charge on any atom is 0.255 e. The molecule has 1 amide bonds. The first-order chi connectivity index (χ1) is 14.6. The number of fused-ring (bicyclic) bond motifs is 1. The average molecular weight is 403 g/mol. The summed E-state index contributed by atoms with van der Waals surface area (Å²) >= 11 is 0. The fourth-order valence-corrected chi connectivity index (χ4v) is 3.21. The highest BCUT2D eigenvalue weighted by atomic mass is 16.5. The lowest BCUT2D eigenvalue weighted by atomic mass is 10.1. The Morgan fingerprint density at radius 2 is 1.60 bits per heavy atom. The van der Waals surface area contributed by atoms with Crippen molar-refractivity contribution < 1.29 is 19.0 Å². The number of carbonyl (C=O) groups excluding carboxylic acids is 1. The number of methoxy groups -OCH3 is 3. The highest BCUT2D eigenvalue weighted by Crippen LogP contribution is 2.32. The molecular weight excluding hydrogens is 382 g/mol.